The molecule has 0 radical (unpaired) electrons. The molecule has 2 spiro atoms. The van der Waals surface area contributed by atoms with Gasteiger partial charge in [-0.3, -0.25) is 0 Å². The van der Waals surface area contributed by atoms with E-state index < -0.39 is 5.41 Å². The maximum absolute atomic E-state index is 6.86. The molecule has 0 amide bonds. The van der Waals surface area contributed by atoms with Crippen LogP contribution < -0.4 is 19.0 Å². The van der Waals surface area contributed by atoms with Crippen molar-refractivity contribution in [3.63, 3.8) is 0 Å². The summed E-state index contributed by atoms with van der Waals surface area (Å²) in [4.78, 5) is 4.36. The summed E-state index contributed by atoms with van der Waals surface area (Å²) in [5, 5.41) is 12.8. The lowest BCUT2D eigenvalue weighted by molar-refractivity contribution is -1.07. The van der Waals surface area contributed by atoms with Gasteiger partial charge in [-0.2, -0.15) is 4.57 Å². The summed E-state index contributed by atoms with van der Waals surface area (Å²) in [6.07, 6.45) is 1.93. The van der Waals surface area contributed by atoms with Gasteiger partial charge in [0.2, 0.25) is 21.9 Å². The predicted octanol–water partition coefficient (Wildman–Crippen LogP) is 6.03. The van der Waals surface area contributed by atoms with Crippen LogP contribution in [0.4, 0.5) is 5.69 Å². The molecular formula is C38H22N7O+3. The summed E-state index contributed by atoms with van der Waals surface area (Å²) < 4.78 is 11.6. The molecule has 4 aromatic heterocycles. The number of hydrogen-bond donors (Lipinski definition) is 0. The molecule has 0 bridgehead atoms. The lowest BCUT2D eigenvalue weighted by Gasteiger charge is -2.39. The van der Waals surface area contributed by atoms with E-state index in [-0.39, 0.29) is 4.81 Å². The second-order valence-electron chi connectivity index (χ2n) is 12.9. The fourth-order valence-corrected chi connectivity index (χ4v) is 9.65. The zero-order valence-corrected chi connectivity index (χ0v) is 24.5. The van der Waals surface area contributed by atoms with Gasteiger partial charge in [0.05, 0.1) is 28.8 Å². The average molecular weight is 593 g/mol. The zero-order chi connectivity index (χ0) is 29.7. The number of hydrogen-bond acceptors (Lipinski definition) is 3. The Kier molecular flexibility index (Phi) is 3.29. The van der Waals surface area contributed by atoms with Crippen LogP contribution in [-0.2, 0) is 5.41 Å². The third-order valence-corrected chi connectivity index (χ3v) is 11.0. The molecule has 1 atom stereocenters. The molecule has 0 N–H and O–H groups in total. The van der Waals surface area contributed by atoms with Gasteiger partial charge in [0.1, 0.15) is 15.0 Å². The Labute approximate surface area is 261 Å². The summed E-state index contributed by atoms with van der Waals surface area (Å²) >= 11 is 0. The Balaban J connectivity index is 1.36. The number of rotatable bonds is 0. The van der Waals surface area contributed by atoms with E-state index in [2.05, 4.69) is 129 Å². The summed E-state index contributed by atoms with van der Waals surface area (Å²) in [6.45, 7) is 2.06. The van der Waals surface area contributed by atoms with Crippen molar-refractivity contribution in [3.05, 3.63) is 143 Å². The van der Waals surface area contributed by atoms with Crippen molar-refractivity contribution in [1.29, 1.82) is 0 Å². The quantitative estimate of drug-likeness (QED) is 0.160. The average Bonchev–Trinajstić information content (AvgIpc) is 3.81. The van der Waals surface area contributed by atoms with Crippen LogP contribution in [0.3, 0.4) is 0 Å². The number of fused-ring (bicyclic) bond motifs is 10. The standard InChI is InChI=1S/C38H22N7O/c1-21-20-31-30-14-7-15-33-42(30)45(43(31)40-21)36-32(46-33)17-16-29-35(36)41-34-24(25-18-19-39-44(45)37(25)41)10-6-13-28(34)38(29)26-11-4-2-8-22(26)23-9-3-5-12-27(23)38/h2-20H,1H3/q+3. The number of benzene rings is 4. The second kappa shape index (κ2) is 6.75. The van der Waals surface area contributed by atoms with Gasteiger partial charge in [0.25, 0.3) is 0 Å². The van der Waals surface area contributed by atoms with Gasteiger partial charge in [-0.05, 0) is 70.7 Å². The minimum atomic E-state index is -0.534. The Morgan fingerprint density at radius 2 is 1.54 bits per heavy atom. The van der Waals surface area contributed by atoms with Crippen molar-refractivity contribution in [2.75, 3.05) is 0 Å². The number of aryl methyl sites for hydroxylation is 1. The largest absolute Gasteiger partial charge is 0.438 e. The van der Waals surface area contributed by atoms with Crippen LogP contribution in [0.2, 0.25) is 0 Å². The molecule has 1 unspecified atom stereocenters. The van der Waals surface area contributed by atoms with Crippen molar-refractivity contribution < 1.29 is 14.2 Å². The topological polar surface area (TPSA) is 52.6 Å². The van der Waals surface area contributed by atoms with Gasteiger partial charge in [-0.25, -0.2) is 0 Å². The summed E-state index contributed by atoms with van der Waals surface area (Å²) in [6, 6.07) is 39.8. The van der Waals surface area contributed by atoms with Crippen LogP contribution in [-0.4, -0.2) is 19.6 Å². The molecule has 4 aromatic carbocycles. The van der Waals surface area contributed by atoms with Crippen LogP contribution in [0.25, 0.3) is 50.1 Å². The highest BCUT2D eigenvalue weighted by Gasteiger charge is 2.74. The number of quaternary nitrogens is 1. The van der Waals surface area contributed by atoms with E-state index in [9.17, 15) is 0 Å². The van der Waals surface area contributed by atoms with Crippen LogP contribution in [0.1, 0.15) is 27.9 Å². The molecule has 0 fully saturated rings. The van der Waals surface area contributed by atoms with Crippen LogP contribution in [0.15, 0.2) is 115 Å². The lowest BCUT2D eigenvalue weighted by Crippen LogP contribution is -2.90. The Bertz CT molecular complexity index is 2780. The van der Waals surface area contributed by atoms with Gasteiger partial charge in [-0.1, -0.05) is 60.7 Å². The van der Waals surface area contributed by atoms with E-state index >= 15 is 0 Å². The fourth-order valence-electron chi connectivity index (χ4n) is 9.65. The number of ether oxygens (including phenoxy) is 1. The predicted molar refractivity (Wildman–Crippen MR) is 170 cm³/mol. The summed E-state index contributed by atoms with van der Waals surface area (Å²) in [7, 11) is 0. The SMILES string of the molecule is Cc1cc2n(n1)[N+]13c4c(ccc5c4-n4c6c(cccc6c6ccn[n+]1c64)C51c4ccccc4-c4ccccc41)Oc1cccc-2[n+]13. The first-order valence-electron chi connectivity index (χ1n) is 15.7. The molecule has 46 heavy (non-hydrogen) atoms. The Morgan fingerprint density at radius 1 is 0.761 bits per heavy atom. The molecule has 0 saturated heterocycles. The van der Waals surface area contributed by atoms with E-state index in [0.29, 0.717) is 0 Å². The lowest BCUT2D eigenvalue weighted by atomic mass is 9.65. The smallest absolute Gasteiger partial charge is 0.394 e. The van der Waals surface area contributed by atoms with E-state index in [0.717, 1.165) is 51.1 Å². The van der Waals surface area contributed by atoms with Gasteiger partial charge in [0, 0.05) is 27.4 Å². The Hall–Kier alpha value is -6.12. The van der Waals surface area contributed by atoms with Crippen molar-refractivity contribution in [3.8, 4) is 39.8 Å². The Morgan fingerprint density at radius 3 is 2.39 bits per heavy atom. The fraction of sp³-hybridized carbons (Fsp3) is 0.0526. The first-order valence-corrected chi connectivity index (χ1v) is 15.7. The van der Waals surface area contributed by atoms with Crippen LogP contribution >= 0.6 is 0 Å². The molecular weight excluding hydrogens is 570 g/mol. The maximum atomic E-state index is 6.86. The van der Waals surface area contributed by atoms with Gasteiger partial charge >= 0.3 is 22.9 Å². The molecule has 13 rings (SSSR count). The molecule has 8 heterocycles. The molecule has 5 aliphatic rings. The van der Waals surface area contributed by atoms with Crippen LogP contribution in [0, 0.1) is 6.92 Å². The monoisotopic (exact) mass is 592 g/mol. The van der Waals surface area contributed by atoms with Gasteiger partial charge in [0.15, 0.2) is 0 Å². The highest BCUT2D eigenvalue weighted by atomic mass is 16.5. The van der Waals surface area contributed by atoms with Gasteiger partial charge < -0.3 is 4.74 Å². The van der Waals surface area contributed by atoms with Crippen LogP contribution in [0.5, 0.6) is 11.6 Å². The van der Waals surface area contributed by atoms with E-state index in [4.69, 9.17) is 14.9 Å². The number of pyridine rings is 1. The normalized spacial score (nSPS) is 18.5. The van der Waals surface area contributed by atoms with Gasteiger partial charge in [-0.15, -0.1) is 5.10 Å². The van der Waals surface area contributed by atoms with Crippen molar-refractivity contribution in [2.45, 2.75) is 12.3 Å². The first kappa shape index (κ1) is 22.4. The number of nitrogens with zero attached hydrogens (tertiary/aromatic N) is 7. The summed E-state index contributed by atoms with van der Waals surface area (Å²) in [5.41, 5.74) is 14.5. The third-order valence-electron chi connectivity index (χ3n) is 11.0. The minimum Gasteiger partial charge on any atom is -0.394 e. The maximum Gasteiger partial charge on any atom is 0.438 e. The molecule has 4 aliphatic heterocycles. The highest BCUT2D eigenvalue weighted by Crippen LogP contribution is 2.64. The van der Waals surface area contributed by atoms with Crippen molar-refractivity contribution >= 4 is 27.6 Å². The molecule has 0 saturated carbocycles. The summed E-state index contributed by atoms with van der Waals surface area (Å²) in [5.74, 6) is 1.54. The minimum absolute atomic E-state index is 0.0928. The molecule has 212 valence electrons. The zero-order valence-electron chi connectivity index (χ0n) is 24.5. The molecule has 8 nitrogen and oxygen atoms in total. The van der Waals surface area contributed by atoms with E-state index in [1.165, 1.54) is 44.3 Å². The van der Waals surface area contributed by atoms with Crippen molar-refractivity contribution in [2.24, 2.45) is 0 Å². The first-order chi connectivity index (χ1) is 22.7. The van der Waals surface area contributed by atoms with E-state index in [1.807, 2.05) is 12.3 Å². The number of para-hydroxylation sites is 1. The second-order valence-corrected chi connectivity index (χ2v) is 12.9. The van der Waals surface area contributed by atoms with E-state index in [1.54, 1.807) is 0 Å². The highest BCUT2D eigenvalue weighted by molar-refractivity contribution is 6.12. The molecule has 8 heteroatoms. The third kappa shape index (κ3) is 1.94. The molecule has 1 aliphatic carbocycles. The molecule has 8 aromatic rings. The number of aromatic nitrogens is 6. The van der Waals surface area contributed by atoms with Crippen molar-refractivity contribution in [1.82, 2.24) is 24.4 Å².